The van der Waals surface area contributed by atoms with Gasteiger partial charge in [-0.3, -0.25) is 0 Å². The van der Waals surface area contributed by atoms with Crippen LogP contribution in [0.25, 0.3) is 0 Å². The fourth-order valence-electron chi connectivity index (χ4n) is 1.30. The van der Waals surface area contributed by atoms with Crippen LogP contribution in [0.15, 0.2) is 24.3 Å². The third kappa shape index (κ3) is 2.73. The lowest BCUT2D eigenvalue weighted by Crippen LogP contribution is -1.96. The molecule has 0 N–H and O–H groups in total. The molecule has 1 aromatic carbocycles. The Morgan fingerprint density at radius 1 is 1.33 bits per heavy atom. The summed E-state index contributed by atoms with van der Waals surface area (Å²) < 4.78 is 18.2. The molecular formula is C12H7ClFN3O. The topological polar surface area (TPSA) is 58.8 Å². The first-order valence-electron chi connectivity index (χ1n) is 4.97. The largest absolute Gasteiger partial charge is 0.423 e. The average molecular weight is 264 g/mol. The van der Waals surface area contributed by atoms with E-state index in [4.69, 9.17) is 21.6 Å². The Bertz CT molecular complexity index is 640. The van der Waals surface area contributed by atoms with Gasteiger partial charge in [-0.2, -0.15) is 10.2 Å². The summed E-state index contributed by atoms with van der Waals surface area (Å²) in [6.07, 6.45) is 0. The molecule has 0 saturated carbocycles. The quantitative estimate of drug-likeness (QED) is 0.834. The summed E-state index contributed by atoms with van der Waals surface area (Å²) in [5.74, 6) is -0.234. The third-order valence-corrected chi connectivity index (χ3v) is 2.34. The van der Waals surface area contributed by atoms with Gasteiger partial charge in [-0.05, 0) is 31.2 Å². The van der Waals surface area contributed by atoms with Crippen molar-refractivity contribution in [2.75, 3.05) is 0 Å². The van der Waals surface area contributed by atoms with Crippen molar-refractivity contribution < 1.29 is 9.13 Å². The van der Waals surface area contributed by atoms with E-state index in [-0.39, 0.29) is 22.5 Å². The van der Waals surface area contributed by atoms with Crippen LogP contribution in [-0.4, -0.2) is 9.97 Å². The number of hydrogen-bond donors (Lipinski definition) is 0. The smallest absolute Gasteiger partial charge is 0.323 e. The predicted octanol–water partition coefficient (Wildman–Crippen LogP) is 3.24. The molecule has 6 heteroatoms. The molecule has 18 heavy (non-hydrogen) atoms. The predicted molar refractivity (Wildman–Crippen MR) is 63.0 cm³/mol. The lowest BCUT2D eigenvalue weighted by atomic mass is 10.3. The number of benzene rings is 1. The minimum atomic E-state index is -0.463. The molecule has 0 unspecified atom stereocenters. The number of aryl methyl sites for hydroxylation is 1. The molecule has 2 rings (SSSR count). The van der Waals surface area contributed by atoms with Crippen molar-refractivity contribution in [3.63, 3.8) is 0 Å². The number of halogens is 2. The van der Waals surface area contributed by atoms with Gasteiger partial charge in [-0.25, -0.2) is 9.37 Å². The third-order valence-electron chi connectivity index (χ3n) is 2.04. The first-order valence-corrected chi connectivity index (χ1v) is 5.35. The summed E-state index contributed by atoms with van der Waals surface area (Å²) >= 11 is 5.81. The van der Waals surface area contributed by atoms with E-state index in [1.165, 1.54) is 18.2 Å². The Morgan fingerprint density at radius 3 is 2.78 bits per heavy atom. The van der Waals surface area contributed by atoms with E-state index in [1.807, 2.05) is 6.07 Å². The first kappa shape index (κ1) is 12.3. The molecule has 90 valence electrons. The maximum absolute atomic E-state index is 12.9. The van der Waals surface area contributed by atoms with E-state index in [1.54, 1.807) is 6.92 Å². The minimum Gasteiger partial charge on any atom is -0.423 e. The maximum Gasteiger partial charge on any atom is 0.323 e. The van der Waals surface area contributed by atoms with Gasteiger partial charge in [0.15, 0.2) is 0 Å². The molecule has 0 atom stereocenters. The van der Waals surface area contributed by atoms with Crippen LogP contribution in [0, 0.1) is 24.1 Å². The molecule has 0 fully saturated rings. The van der Waals surface area contributed by atoms with Crippen molar-refractivity contribution in [1.29, 1.82) is 5.26 Å². The van der Waals surface area contributed by atoms with Crippen LogP contribution < -0.4 is 4.74 Å². The van der Waals surface area contributed by atoms with Crippen LogP contribution in [0.2, 0.25) is 5.02 Å². The first-order chi connectivity index (χ1) is 8.58. The monoisotopic (exact) mass is 263 g/mol. The number of rotatable bonds is 2. The van der Waals surface area contributed by atoms with Crippen molar-refractivity contribution in [2.45, 2.75) is 6.92 Å². The maximum atomic E-state index is 12.9. The van der Waals surface area contributed by atoms with Crippen LogP contribution in [-0.2, 0) is 0 Å². The van der Waals surface area contributed by atoms with Crippen molar-refractivity contribution in [1.82, 2.24) is 9.97 Å². The lowest BCUT2D eigenvalue weighted by molar-refractivity contribution is 0.438. The molecule has 0 amide bonds. The minimum absolute atomic E-state index is 0.0000539. The highest BCUT2D eigenvalue weighted by molar-refractivity contribution is 6.32. The molecule has 0 aliphatic carbocycles. The molecule has 2 aromatic rings. The van der Waals surface area contributed by atoms with Gasteiger partial charge in [0.05, 0.1) is 5.02 Å². The van der Waals surface area contributed by atoms with Crippen LogP contribution in [0.5, 0.6) is 11.8 Å². The SMILES string of the molecule is Cc1cc(C#N)nc(Oc2ccc(F)cc2Cl)n1. The van der Waals surface area contributed by atoms with Gasteiger partial charge >= 0.3 is 6.01 Å². The summed E-state index contributed by atoms with van der Waals surface area (Å²) in [4.78, 5) is 7.87. The van der Waals surface area contributed by atoms with E-state index in [0.29, 0.717) is 5.69 Å². The molecule has 0 aliphatic heterocycles. The molecule has 0 saturated heterocycles. The molecule has 0 bridgehead atoms. The average Bonchev–Trinajstić information content (AvgIpc) is 2.32. The van der Waals surface area contributed by atoms with E-state index < -0.39 is 5.82 Å². The number of aromatic nitrogens is 2. The molecule has 4 nitrogen and oxygen atoms in total. The zero-order valence-corrected chi connectivity index (χ0v) is 10.1. The summed E-state index contributed by atoms with van der Waals surface area (Å²) in [5.41, 5.74) is 0.783. The summed E-state index contributed by atoms with van der Waals surface area (Å²) in [6, 6.07) is 7.12. The van der Waals surface area contributed by atoms with Crippen molar-refractivity contribution in [2.24, 2.45) is 0 Å². The lowest BCUT2D eigenvalue weighted by Gasteiger charge is -2.06. The molecule has 1 aromatic heterocycles. The van der Waals surface area contributed by atoms with E-state index in [0.717, 1.165) is 6.07 Å². The van der Waals surface area contributed by atoms with Crippen molar-refractivity contribution in [3.8, 4) is 17.8 Å². The zero-order valence-electron chi connectivity index (χ0n) is 9.32. The second-order valence-corrected chi connectivity index (χ2v) is 3.87. The van der Waals surface area contributed by atoms with Crippen LogP contribution in [0.4, 0.5) is 4.39 Å². The van der Waals surface area contributed by atoms with Crippen LogP contribution in [0.3, 0.4) is 0 Å². The number of nitrogens with zero attached hydrogens (tertiary/aromatic N) is 3. The molecule has 1 heterocycles. The Labute approximate surface area is 108 Å². The van der Waals surface area contributed by atoms with E-state index in [2.05, 4.69) is 9.97 Å². The summed E-state index contributed by atoms with van der Waals surface area (Å²) in [7, 11) is 0. The standard InChI is InChI=1S/C12H7ClFN3O/c1-7-4-9(6-15)17-12(16-7)18-11-3-2-8(14)5-10(11)13/h2-5H,1H3. The Balaban J connectivity index is 2.34. The van der Waals surface area contributed by atoms with Gasteiger partial charge in [0.1, 0.15) is 23.3 Å². The van der Waals surface area contributed by atoms with E-state index >= 15 is 0 Å². The number of ether oxygens (including phenoxy) is 1. The van der Waals surface area contributed by atoms with Crippen LogP contribution in [0.1, 0.15) is 11.4 Å². The molecule has 0 spiro atoms. The summed E-state index contributed by atoms with van der Waals surface area (Å²) in [6.45, 7) is 1.71. The Kier molecular flexibility index (Phi) is 3.40. The number of nitriles is 1. The second kappa shape index (κ2) is 4.98. The fraction of sp³-hybridized carbons (Fsp3) is 0.0833. The fourth-order valence-corrected chi connectivity index (χ4v) is 1.51. The Morgan fingerprint density at radius 2 is 2.11 bits per heavy atom. The molecule has 0 radical (unpaired) electrons. The van der Waals surface area contributed by atoms with Crippen LogP contribution >= 0.6 is 11.6 Å². The van der Waals surface area contributed by atoms with Gasteiger partial charge in [-0.1, -0.05) is 11.6 Å². The van der Waals surface area contributed by atoms with Gasteiger partial charge in [0.2, 0.25) is 0 Å². The normalized spacial score (nSPS) is 9.89. The summed E-state index contributed by atoms with van der Waals surface area (Å²) in [5, 5.41) is 8.88. The van der Waals surface area contributed by atoms with Gasteiger partial charge in [-0.15, -0.1) is 0 Å². The second-order valence-electron chi connectivity index (χ2n) is 3.47. The highest BCUT2D eigenvalue weighted by Crippen LogP contribution is 2.28. The highest BCUT2D eigenvalue weighted by Gasteiger charge is 2.08. The Hall–Kier alpha value is -2.19. The zero-order chi connectivity index (χ0) is 13.1. The van der Waals surface area contributed by atoms with Gasteiger partial charge in [0.25, 0.3) is 0 Å². The highest BCUT2D eigenvalue weighted by atomic mass is 35.5. The molecule has 0 aliphatic rings. The number of hydrogen-bond acceptors (Lipinski definition) is 4. The van der Waals surface area contributed by atoms with Gasteiger partial charge < -0.3 is 4.74 Å². The molecular weight excluding hydrogens is 257 g/mol. The van der Waals surface area contributed by atoms with E-state index in [9.17, 15) is 4.39 Å². The van der Waals surface area contributed by atoms with Gasteiger partial charge in [0, 0.05) is 5.69 Å². The van der Waals surface area contributed by atoms with Crippen molar-refractivity contribution >= 4 is 11.6 Å². The van der Waals surface area contributed by atoms with Crippen molar-refractivity contribution in [3.05, 3.63) is 46.5 Å².